The van der Waals surface area contributed by atoms with E-state index in [-0.39, 0.29) is 5.41 Å². The zero-order valence-corrected chi connectivity index (χ0v) is 18.1. The summed E-state index contributed by atoms with van der Waals surface area (Å²) in [6.07, 6.45) is 8.33. The number of allylic oxidation sites excluding steroid dienone is 4. The molecular formula is C28H26S. The molecule has 1 heterocycles. The van der Waals surface area contributed by atoms with Crippen LogP contribution < -0.4 is 0 Å². The maximum Gasteiger partial charge on any atom is 0.0433 e. The van der Waals surface area contributed by atoms with Gasteiger partial charge in [-0.05, 0) is 33.7 Å². The predicted molar refractivity (Wildman–Crippen MR) is 132 cm³/mol. The van der Waals surface area contributed by atoms with Crippen molar-refractivity contribution in [3.8, 4) is 11.1 Å². The fraction of sp³-hybridized carbons (Fsp3) is 0.143. The summed E-state index contributed by atoms with van der Waals surface area (Å²) in [6.45, 7) is 10.5. The van der Waals surface area contributed by atoms with Crippen LogP contribution in [0.15, 0.2) is 97.1 Å². The monoisotopic (exact) mass is 394 g/mol. The molecule has 0 unspecified atom stereocenters. The number of hydrogen-bond acceptors (Lipinski definition) is 1. The topological polar surface area (TPSA) is 0 Å². The molecule has 0 spiro atoms. The van der Waals surface area contributed by atoms with Crippen molar-refractivity contribution < 1.29 is 0 Å². The van der Waals surface area contributed by atoms with E-state index in [9.17, 15) is 0 Å². The van der Waals surface area contributed by atoms with Crippen molar-refractivity contribution in [2.24, 2.45) is 5.41 Å². The second kappa shape index (κ2) is 7.85. The van der Waals surface area contributed by atoms with E-state index >= 15 is 0 Å². The minimum atomic E-state index is 0.0987. The second-order valence-corrected chi connectivity index (χ2v) is 9.40. The lowest BCUT2D eigenvalue weighted by atomic mass is 9.85. The smallest absolute Gasteiger partial charge is 0.0433 e. The third-order valence-corrected chi connectivity index (χ3v) is 6.46. The van der Waals surface area contributed by atoms with Crippen LogP contribution in [0.3, 0.4) is 0 Å². The lowest BCUT2D eigenvalue weighted by Gasteiger charge is -2.19. The van der Waals surface area contributed by atoms with E-state index in [1.807, 2.05) is 17.4 Å². The van der Waals surface area contributed by atoms with Crippen molar-refractivity contribution in [2.45, 2.75) is 20.8 Å². The van der Waals surface area contributed by atoms with Crippen LogP contribution in [0.2, 0.25) is 0 Å². The molecule has 0 fully saturated rings. The van der Waals surface area contributed by atoms with E-state index in [1.54, 1.807) is 0 Å². The molecule has 0 bridgehead atoms. The molecule has 4 aromatic rings. The summed E-state index contributed by atoms with van der Waals surface area (Å²) in [5.74, 6) is 0. The highest BCUT2D eigenvalue weighted by Gasteiger charge is 2.13. The first-order valence-electron chi connectivity index (χ1n) is 9.99. The Bertz CT molecular complexity index is 1230. The van der Waals surface area contributed by atoms with Crippen molar-refractivity contribution in [1.82, 2.24) is 0 Å². The normalized spacial score (nSPS) is 12.9. The second-order valence-electron chi connectivity index (χ2n) is 8.34. The summed E-state index contributed by atoms with van der Waals surface area (Å²) in [6, 6.07) is 24.1. The first-order valence-corrected chi connectivity index (χ1v) is 10.8. The third kappa shape index (κ3) is 3.97. The van der Waals surface area contributed by atoms with Crippen LogP contribution in [0.1, 0.15) is 26.3 Å². The SMILES string of the molecule is C=C/C=C(\C=C/c1ccc(-c2cccc3c2sc2ccccc23)cc1)C(C)(C)C. The summed E-state index contributed by atoms with van der Waals surface area (Å²) >= 11 is 1.88. The van der Waals surface area contributed by atoms with Gasteiger partial charge in [0.25, 0.3) is 0 Å². The van der Waals surface area contributed by atoms with Crippen molar-refractivity contribution >= 4 is 37.6 Å². The van der Waals surface area contributed by atoms with E-state index in [2.05, 4.69) is 112 Å². The molecule has 0 saturated heterocycles. The largest absolute Gasteiger partial charge is 0.135 e. The molecule has 1 aromatic heterocycles. The van der Waals surface area contributed by atoms with Crippen LogP contribution in [0, 0.1) is 5.41 Å². The summed E-state index contributed by atoms with van der Waals surface area (Å²) in [4.78, 5) is 0. The Hall–Kier alpha value is -2.90. The van der Waals surface area contributed by atoms with Crippen LogP contribution in [-0.4, -0.2) is 0 Å². The number of rotatable bonds is 4. The zero-order chi connectivity index (χ0) is 20.4. The molecule has 0 aliphatic heterocycles. The highest BCUT2D eigenvalue weighted by atomic mass is 32.1. The molecule has 0 nitrogen and oxygen atoms in total. The maximum absolute atomic E-state index is 3.85. The quantitative estimate of drug-likeness (QED) is 0.303. The first-order chi connectivity index (χ1) is 14.0. The predicted octanol–water partition coefficient (Wildman–Crippen LogP) is 8.89. The zero-order valence-electron chi connectivity index (χ0n) is 17.3. The molecule has 0 radical (unpaired) electrons. The van der Waals surface area contributed by atoms with Crippen molar-refractivity contribution in [3.63, 3.8) is 0 Å². The van der Waals surface area contributed by atoms with Crippen molar-refractivity contribution in [2.75, 3.05) is 0 Å². The van der Waals surface area contributed by atoms with Crippen LogP contribution in [0.4, 0.5) is 0 Å². The van der Waals surface area contributed by atoms with Crippen molar-refractivity contribution in [1.29, 1.82) is 0 Å². The molecule has 0 aliphatic rings. The highest BCUT2D eigenvalue weighted by Crippen LogP contribution is 2.39. The molecule has 3 aromatic carbocycles. The molecule has 0 aliphatic carbocycles. The maximum atomic E-state index is 3.85. The highest BCUT2D eigenvalue weighted by molar-refractivity contribution is 7.26. The van der Waals surface area contributed by atoms with Crippen molar-refractivity contribution in [3.05, 3.63) is 103 Å². The molecule has 0 saturated carbocycles. The molecule has 1 heteroatoms. The van der Waals surface area contributed by atoms with Crippen LogP contribution in [0.5, 0.6) is 0 Å². The van der Waals surface area contributed by atoms with Gasteiger partial charge in [0.1, 0.15) is 0 Å². The molecule has 4 rings (SSSR count). The summed E-state index contributed by atoms with van der Waals surface area (Å²) in [5, 5.41) is 2.69. The number of thiophene rings is 1. The fourth-order valence-corrected chi connectivity index (χ4v) is 4.86. The summed E-state index contributed by atoms with van der Waals surface area (Å²) < 4.78 is 2.71. The lowest BCUT2D eigenvalue weighted by molar-refractivity contribution is 0.517. The average Bonchev–Trinajstić information content (AvgIpc) is 3.09. The molecule has 29 heavy (non-hydrogen) atoms. The fourth-order valence-electron chi connectivity index (χ4n) is 3.62. The van der Waals surface area contributed by atoms with E-state index < -0.39 is 0 Å². The van der Waals surface area contributed by atoms with Crippen LogP contribution in [0.25, 0.3) is 37.4 Å². The Morgan fingerprint density at radius 3 is 2.31 bits per heavy atom. The van der Waals surface area contributed by atoms with Gasteiger partial charge in [0.05, 0.1) is 0 Å². The van der Waals surface area contributed by atoms with E-state index in [0.29, 0.717) is 0 Å². The van der Waals surface area contributed by atoms with Gasteiger partial charge in [0.2, 0.25) is 0 Å². The molecule has 144 valence electrons. The molecule has 0 N–H and O–H groups in total. The van der Waals surface area contributed by atoms with Crippen LogP contribution >= 0.6 is 11.3 Å². The Balaban J connectivity index is 1.69. The Morgan fingerprint density at radius 2 is 1.59 bits per heavy atom. The first kappa shape index (κ1) is 19.4. The minimum absolute atomic E-state index is 0.0987. The molecule has 0 amide bonds. The average molecular weight is 395 g/mol. The Morgan fingerprint density at radius 1 is 0.862 bits per heavy atom. The van der Waals surface area contributed by atoms with Gasteiger partial charge in [-0.3, -0.25) is 0 Å². The van der Waals surface area contributed by atoms with E-state index in [1.165, 1.54) is 42.4 Å². The van der Waals surface area contributed by atoms with Gasteiger partial charge in [-0.25, -0.2) is 0 Å². The van der Waals surface area contributed by atoms with Gasteiger partial charge in [0.15, 0.2) is 0 Å². The lowest BCUT2D eigenvalue weighted by Crippen LogP contribution is -2.07. The van der Waals surface area contributed by atoms with Gasteiger partial charge < -0.3 is 0 Å². The van der Waals surface area contributed by atoms with E-state index in [0.717, 1.165) is 0 Å². The molecular weight excluding hydrogens is 368 g/mol. The Labute approximate surface area is 177 Å². The van der Waals surface area contributed by atoms with Gasteiger partial charge in [-0.15, -0.1) is 11.3 Å². The summed E-state index contributed by atoms with van der Waals surface area (Å²) in [7, 11) is 0. The number of benzene rings is 3. The van der Waals surface area contributed by atoms with Crippen LogP contribution in [-0.2, 0) is 0 Å². The molecule has 0 atom stereocenters. The number of hydrogen-bond donors (Lipinski definition) is 0. The van der Waals surface area contributed by atoms with Gasteiger partial charge in [0, 0.05) is 20.2 Å². The van der Waals surface area contributed by atoms with Gasteiger partial charge >= 0.3 is 0 Å². The van der Waals surface area contributed by atoms with E-state index in [4.69, 9.17) is 0 Å². The van der Waals surface area contributed by atoms with Gasteiger partial charge in [-0.1, -0.05) is 112 Å². The standard InChI is InChI=1S/C28H26S/c1-5-9-22(28(2,3)4)19-16-20-14-17-21(18-15-20)23-11-8-12-25-24-10-6-7-13-26(24)29-27(23)25/h5-19H,1H2,2-4H3/b19-16-,22-9+. The summed E-state index contributed by atoms with van der Waals surface area (Å²) in [5.41, 5.74) is 5.14. The minimum Gasteiger partial charge on any atom is -0.135 e. The number of fused-ring (bicyclic) bond motifs is 3. The van der Waals surface area contributed by atoms with Gasteiger partial charge in [-0.2, -0.15) is 0 Å². The third-order valence-electron chi connectivity index (χ3n) is 5.24. The Kier molecular flexibility index (Phi) is 5.25.